The van der Waals surface area contributed by atoms with Crippen LogP contribution in [0.5, 0.6) is 11.5 Å². The molecule has 10 heteroatoms. The van der Waals surface area contributed by atoms with Crippen molar-refractivity contribution in [1.29, 1.82) is 0 Å². The van der Waals surface area contributed by atoms with Gasteiger partial charge in [-0.3, -0.25) is 9.59 Å². The number of benzene rings is 2. The Labute approximate surface area is 188 Å². The van der Waals surface area contributed by atoms with E-state index in [1.54, 1.807) is 41.8 Å². The van der Waals surface area contributed by atoms with Gasteiger partial charge in [-0.25, -0.2) is 8.42 Å². The van der Waals surface area contributed by atoms with Gasteiger partial charge < -0.3 is 20.5 Å². The Hall–Kier alpha value is -3.37. The first-order valence-electron chi connectivity index (χ1n) is 9.61. The summed E-state index contributed by atoms with van der Waals surface area (Å²) < 4.78 is 37.1. The summed E-state index contributed by atoms with van der Waals surface area (Å²) in [6.45, 7) is -0.325. The molecule has 0 radical (unpaired) electrons. The Bertz CT molecular complexity index is 1290. The first-order valence-corrected chi connectivity index (χ1v) is 12.0. The van der Waals surface area contributed by atoms with Crippen molar-refractivity contribution in [3.63, 3.8) is 0 Å². The van der Waals surface area contributed by atoms with Gasteiger partial charge in [0.25, 0.3) is 5.91 Å². The van der Waals surface area contributed by atoms with E-state index in [0.717, 1.165) is 10.4 Å². The zero-order chi connectivity index (χ0) is 22.9. The van der Waals surface area contributed by atoms with Crippen molar-refractivity contribution in [2.45, 2.75) is 22.1 Å². The molecule has 166 valence electrons. The van der Waals surface area contributed by atoms with Gasteiger partial charge in [0.15, 0.2) is 18.1 Å². The van der Waals surface area contributed by atoms with Crippen LogP contribution in [0.25, 0.3) is 0 Å². The second kappa shape index (κ2) is 8.64. The van der Waals surface area contributed by atoms with Gasteiger partial charge >= 0.3 is 0 Å². The summed E-state index contributed by atoms with van der Waals surface area (Å²) in [4.78, 5) is 24.6. The number of amides is 2. The Balaban J connectivity index is 1.76. The van der Waals surface area contributed by atoms with E-state index in [-0.39, 0.29) is 34.6 Å². The van der Waals surface area contributed by atoms with Gasteiger partial charge in [-0.2, -0.15) is 0 Å². The topological polar surface area (TPSA) is 125 Å². The molecule has 32 heavy (non-hydrogen) atoms. The lowest BCUT2D eigenvalue weighted by Gasteiger charge is -2.24. The highest BCUT2D eigenvalue weighted by atomic mass is 32.2. The average Bonchev–Trinajstić information content (AvgIpc) is 3.22. The summed E-state index contributed by atoms with van der Waals surface area (Å²) >= 11 is 1.27. The minimum Gasteiger partial charge on any atom is -0.493 e. The normalized spacial score (nSPS) is 15.5. The summed E-state index contributed by atoms with van der Waals surface area (Å²) in [6.07, 6.45) is 0.139. The second-order valence-corrected chi connectivity index (χ2v) is 9.96. The lowest BCUT2D eigenvalue weighted by Crippen LogP contribution is -2.23. The van der Waals surface area contributed by atoms with Gasteiger partial charge in [0.1, 0.15) is 4.90 Å². The molecule has 1 aliphatic rings. The van der Waals surface area contributed by atoms with Gasteiger partial charge in [0.05, 0.1) is 17.7 Å². The number of carbonyl (C=O) groups excluding carboxylic acids is 2. The molecule has 8 nitrogen and oxygen atoms in total. The van der Waals surface area contributed by atoms with E-state index >= 15 is 0 Å². The van der Waals surface area contributed by atoms with Crippen LogP contribution in [0.3, 0.4) is 0 Å². The Morgan fingerprint density at radius 2 is 1.94 bits per heavy atom. The number of nitrogens with two attached hydrogens (primary N) is 1. The largest absolute Gasteiger partial charge is 0.493 e. The zero-order valence-corrected chi connectivity index (χ0v) is 18.7. The van der Waals surface area contributed by atoms with E-state index in [1.807, 2.05) is 0 Å². The van der Waals surface area contributed by atoms with E-state index in [4.69, 9.17) is 15.2 Å². The Morgan fingerprint density at radius 3 is 2.62 bits per heavy atom. The number of sulfone groups is 1. The molecule has 0 bridgehead atoms. The maximum Gasteiger partial charge on any atom is 0.255 e. The first kappa shape index (κ1) is 21.8. The van der Waals surface area contributed by atoms with E-state index in [1.165, 1.54) is 30.6 Å². The Morgan fingerprint density at radius 1 is 1.19 bits per heavy atom. The predicted molar refractivity (Wildman–Crippen MR) is 119 cm³/mol. The molecule has 0 unspecified atom stereocenters. The molecule has 0 aliphatic carbocycles. The number of rotatable bonds is 7. The second-order valence-electron chi connectivity index (χ2n) is 7.13. The molecule has 1 atom stereocenters. The Kier molecular flexibility index (Phi) is 5.90. The lowest BCUT2D eigenvalue weighted by molar-refractivity contribution is -0.120. The zero-order valence-electron chi connectivity index (χ0n) is 17.0. The van der Waals surface area contributed by atoms with Crippen LogP contribution in [0.15, 0.2) is 63.7 Å². The van der Waals surface area contributed by atoms with Gasteiger partial charge in [-0.1, -0.05) is 24.3 Å². The molecule has 0 spiro atoms. The third kappa shape index (κ3) is 4.06. The molecule has 0 saturated carbocycles. The molecule has 1 aliphatic heterocycles. The highest BCUT2D eigenvalue weighted by Crippen LogP contribution is 2.47. The first-order chi connectivity index (χ1) is 15.3. The van der Waals surface area contributed by atoms with Gasteiger partial charge in [0, 0.05) is 22.6 Å². The van der Waals surface area contributed by atoms with Crippen molar-refractivity contribution in [2.24, 2.45) is 5.73 Å². The highest BCUT2D eigenvalue weighted by Gasteiger charge is 2.34. The third-order valence-corrected chi connectivity index (χ3v) is 8.10. The number of nitrogens with one attached hydrogen (secondary N) is 1. The summed E-state index contributed by atoms with van der Waals surface area (Å²) in [5, 5.41) is 4.29. The monoisotopic (exact) mass is 472 g/mol. The minimum absolute atomic E-state index is 0.0699. The number of ether oxygens (including phenoxy) is 2. The third-order valence-electron chi connectivity index (χ3n) is 5.06. The number of hydrogen-bond donors (Lipinski definition) is 2. The van der Waals surface area contributed by atoms with Crippen LogP contribution < -0.4 is 20.5 Å². The van der Waals surface area contributed by atoms with Crippen LogP contribution >= 0.6 is 11.3 Å². The van der Waals surface area contributed by atoms with Crippen molar-refractivity contribution in [2.75, 3.05) is 19.0 Å². The molecule has 0 fully saturated rings. The SMILES string of the molecule is COc1ccc([C@H]2CC(=O)Nc3c(S(=O)(=O)c4ccccc4)csc32)cc1OCC(N)=O. The highest BCUT2D eigenvalue weighted by molar-refractivity contribution is 7.91. The molecule has 2 aromatic carbocycles. The lowest BCUT2D eigenvalue weighted by atomic mass is 9.90. The fourth-order valence-electron chi connectivity index (χ4n) is 3.57. The summed E-state index contributed by atoms with van der Waals surface area (Å²) in [6, 6.07) is 13.2. The van der Waals surface area contributed by atoms with E-state index < -0.39 is 15.7 Å². The van der Waals surface area contributed by atoms with Crippen molar-refractivity contribution >= 4 is 38.7 Å². The summed E-state index contributed by atoms with van der Waals surface area (Å²) in [7, 11) is -2.33. The molecular formula is C22H20N2O6S2. The van der Waals surface area contributed by atoms with Gasteiger partial charge in [-0.05, 0) is 29.8 Å². The number of methoxy groups -OCH3 is 1. The standard InChI is InChI=1S/C22H20N2O6S2/c1-29-16-8-7-13(9-17(16)30-11-19(23)25)15-10-20(26)24-21-18(12-31-22(15)21)32(27,28)14-5-3-2-4-6-14/h2-9,12,15H,10-11H2,1H3,(H2,23,25)(H,24,26)/t15-/m1/s1. The molecular weight excluding hydrogens is 452 g/mol. The van der Waals surface area contributed by atoms with Gasteiger partial charge in [0.2, 0.25) is 15.7 Å². The average molecular weight is 473 g/mol. The van der Waals surface area contributed by atoms with Gasteiger partial charge in [-0.15, -0.1) is 11.3 Å². The molecule has 0 saturated heterocycles. The maximum absolute atomic E-state index is 13.2. The maximum atomic E-state index is 13.2. The number of fused-ring (bicyclic) bond motifs is 1. The van der Waals surface area contributed by atoms with Crippen LogP contribution in [0.2, 0.25) is 0 Å². The molecule has 4 rings (SSSR count). The van der Waals surface area contributed by atoms with E-state index in [9.17, 15) is 18.0 Å². The van der Waals surface area contributed by atoms with Crippen LogP contribution in [0, 0.1) is 0 Å². The number of hydrogen-bond acceptors (Lipinski definition) is 7. The smallest absolute Gasteiger partial charge is 0.255 e. The van der Waals surface area contributed by atoms with Crippen molar-refractivity contribution in [3.05, 3.63) is 64.4 Å². The van der Waals surface area contributed by atoms with Crippen LogP contribution in [0.1, 0.15) is 22.8 Å². The molecule has 1 aromatic heterocycles. The number of primary amides is 1. The number of thiophene rings is 1. The fraction of sp³-hybridized carbons (Fsp3) is 0.182. The van der Waals surface area contributed by atoms with Crippen LogP contribution in [-0.2, 0) is 19.4 Å². The van der Waals surface area contributed by atoms with Crippen LogP contribution in [-0.4, -0.2) is 33.9 Å². The van der Waals surface area contributed by atoms with E-state index in [2.05, 4.69) is 5.32 Å². The van der Waals surface area contributed by atoms with Crippen molar-refractivity contribution in [1.82, 2.24) is 0 Å². The van der Waals surface area contributed by atoms with Crippen LogP contribution in [0.4, 0.5) is 5.69 Å². The molecule has 3 N–H and O–H groups in total. The predicted octanol–water partition coefficient (Wildman–Crippen LogP) is 2.93. The van der Waals surface area contributed by atoms with Crippen molar-refractivity contribution < 1.29 is 27.5 Å². The fourth-order valence-corrected chi connectivity index (χ4v) is 6.50. The van der Waals surface area contributed by atoms with Crippen molar-refractivity contribution in [3.8, 4) is 11.5 Å². The number of carbonyl (C=O) groups is 2. The molecule has 3 aromatic rings. The van der Waals surface area contributed by atoms with E-state index in [0.29, 0.717) is 17.2 Å². The minimum atomic E-state index is -3.80. The molecule has 2 amide bonds. The quantitative estimate of drug-likeness (QED) is 0.545. The summed E-state index contributed by atoms with van der Waals surface area (Å²) in [5.41, 5.74) is 6.20. The number of anilines is 1. The summed E-state index contributed by atoms with van der Waals surface area (Å²) in [5.74, 6) is -0.587. The molecule has 2 heterocycles.